The van der Waals surface area contributed by atoms with Gasteiger partial charge in [0.1, 0.15) is 5.75 Å². The first-order valence-corrected chi connectivity index (χ1v) is 12.5. The van der Waals surface area contributed by atoms with E-state index in [0.29, 0.717) is 20.6 Å². The second-order valence-corrected chi connectivity index (χ2v) is 9.24. The van der Waals surface area contributed by atoms with Gasteiger partial charge >= 0.3 is 5.97 Å². The highest BCUT2D eigenvalue weighted by atomic mass is 32.2. The van der Waals surface area contributed by atoms with Gasteiger partial charge in [0.15, 0.2) is 4.80 Å². The molecule has 6 nitrogen and oxygen atoms in total. The van der Waals surface area contributed by atoms with Crippen LogP contribution in [0.3, 0.4) is 0 Å². The number of fused-ring (bicyclic) bond motifs is 1. The summed E-state index contributed by atoms with van der Waals surface area (Å²) in [6.07, 6.45) is 3.84. The molecule has 0 radical (unpaired) electrons. The quantitative estimate of drug-likeness (QED) is 0.399. The molecule has 33 heavy (non-hydrogen) atoms. The molecule has 0 N–H and O–H groups in total. The Morgan fingerprint density at radius 1 is 1.18 bits per heavy atom. The van der Waals surface area contributed by atoms with Crippen molar-refractivity contribution in [2.75, 3.05) is 20.0 Å². The van der Waals surface area contributed by atoms with Crippen LogP contribution in [-0.2, 0) is 9.53 Å². The second kappa shape index (κ2) is 9.80. The van der Waals surface area contributed by atoms with Gasteiger partial charge in [0.05, 0.1) is 35.6 Å². The van der Waals surface area contributed by atoms with E-state index in [1.165, 1.54) is 11.3 Å². The molecule has 8 heteroatoms. The number of aromatic nitrogens is 1. The van der Waals surface area contributed by atoms with Crippen molar-refractivity contribution in [1.82, 2.24) is 4.57 Å². The Labute approximate surface area is 199 Å². The molecule has 0 bridgehead atoms. The number of esters is 1. The Kier molecular flexibility index (Phi) is 6.85. The van der Waals surface area contributed by atoms with Crippen molar-refractivity contribution >= 4 is 35.1 Å². The maximum atomic E-state index is 13.6. The van der Waals surface area contributed by atoms with Crippen LogP contribution in [0.5, 0.6) is 5.75 Å². The van der Waals surface area contributed by atoms with Crippen molar-refractivity contribution in [1.29, 1.82) is 0 Å². The molecule has 3 aromatic rings. The number of ether oxygens (including phenoxy) is 2. The van der Waals surface area contributed by atoms with E-state index in [4.69, 9.17) is 9.47 Å². The van der Waals surface area contributed by atoms with Crippen LogP contribution in [0, 0.1) is 0 Å². The molecular weight excluding hydrogens is 456 g/mol. The molecule has 2 heterocycles. The Hall–Kier alpha value is -3.10. The van der Waals surface area contributed by atoms with Crippen LogP contribution < -0.4 is 19.6 Å². The predicted molar refractivity (Wildman–Crippen MR) is 132 cm³/mol. The van der Waals surface area contributed by atoms with Crippen LogP contribution in [0.4, 0.5) is 0 Å². The molecular formula is C25H24N2O4S2. The van der Waals surface area contributed by atoms with Gasteiger partial charge in [0, 0.05) is 4.90 Å². The molecule has 2 aromatic carbocycles. The molecule has 0 spiro atoms. The van der Waals surface area contributed by atoms with E-state index in [1.54, 1.807) is 37.3 Å². The van der Waals surface area contributed by atoms with E-state index >= 15 is 0 Å². The largest absolute Gasteiger partial charge is 0.497 e. The van der Waals surface area contributed by atoms with Gasteiger partial charge in [0.25, 0.3) is 5.56 Å². The number of benzene rings is 2. The van der Waals surface area contributed by atoms with Crippen LogP contribution in [-0.4, -0.2) is 30.5 Å². The molecule has 0 fully saturated rings. The number of hydrogen-bond acceptors (Lipinski definition) is 7. The average Bonchev–Trinajstić information content (AvgIpc) is 3.13. The maximum Gasteiger partial charge on any atom is 0.338 e. The van der Waals surface area contributed by atoms with E-state index in [0.717, 1.165) is 21.8 Å². The maximum absolute atomic E-state index is 13.6. The molecule has 0 amide bonds. The summed E-state index contributed by atoms with van der Waals surface area (Å²) in [7, 11) is 1.61. The summed E-state index contributed by atoms with van der Waals surface area (Å²) in [5.74, 6) is 0.291. The number of nitrogens with zero attached hydrogens (tertiary/aromatic N) is 2. The lowest BCUT2D eigenvalue weighted by Crippen LogP contribution is -2.39. The third kappa shape index (κ3) is 4.54. The van der Waals surface area contributed by atoms with Gasteiger partial charge in [-0.15, -0.1) is 11.8 Å². The molecule has 4 rings (SSSR count). The zero-order chi connectivity index (χ0) is 23.5. The molecule has 0 saturated heterocycles. The monoisotopic (exact) mass is 480 g/mol. The standard InChI is InChI=1S/C25H24N2O4S2/c1-5-31-24(29)21-15(2)26-25-27(22(21)17-8-12-19(32-4)13-9-17)23(28)20(33-25)14-16-6-10-18(30-3)11-7-16/h6-14,22H,5H2,1-4H3/b20-14-/t22-/m0/s1. The Balaban J connectivity index is 1.90. The third-order valence-corrected chi connectivity index (χ3v) is 7.09. The van der Waals surface area contributed by atoms with Gasteiger partial charge in [0.2, 0.25) is 0 Å². The summed E-state index contributed by atoms with van der Waals surface area (Å²) in [5, 5.41) is 0. The van der Waals surface area contributed by atoms with Crippen molar-refractivity contribution < 1.29 is 14.3 Å². The Bertz CT molecular complexity index is 1380. The molecule has 0 unspecified atom stereocenters. The predicted octanol–water partition coefficient (Wildman–Crippen LogP) is 3.53. The highest BCUT2D eigenvalue weighted by Gasteiger charge is 2.33. The van der Waals surface area contributed by atoms with Crippen LogP contribution in [0.15, 0.2) is 74.5 Å². The van der Waals surface area contributed by atoms with Gasteiger partial charge in [-0.2, -0.15) is 0 Å². The highest BCUT2D eigenvalue weighted by molar-refractivity contribution is 7.98. The van der Waals surface area contributed by atoms with Crippen LogP contribution >= 0.6 is 23.1 Å². The van der Waals surface area contributed by atoms with Crippen LogP contribution in [0.1, 0.15) is 31.0 Å². The molecule has 1 aliphatic rings. The number of hydrogen-bond donors (Lipinski definition) is 0. The van der Waals surface area contributed by atoms with Gasteiger partial charge in [-0.3, -0.25) is 9.36 Å². The summed E-state index contributed by atoms with van der Waals surface area (Å²) in [5.41, 5.74) is 2.47. The van der Waals surface area contributed by atoms with Gasteiger partial charge < -0.3 is 9.47 Å². The second-order valence-electron chi connectivity index (χ2n) is 7.35. The summed E-state index contributed by atoms with van der Waals surface area (Å²) in [4.78, 5) is 32.7. The summed E-state index contributed by atoms with van der Waals surface area (Å²) >= 11 is 2.94. The minimum Gasteiger partial charge on any atom is -0.497 e. The number of methoxy groups -OCH3 is 1. The van der Waals surface area contributed by atoms with Crippen molar-refractivity contribution in [3.8, 4) is 5.75 Å². The highest BCUT2D eigenvalue weighted by Crippen LogP contribution is 2.31. The number of thiazole rings is 1. The first kappa shape index (κ1) is 23.1. The van der Waals surface area contributed by atoms with Crippen LogP contribution in [0.25, 0.3) is 6.08 Å². The van der Waals surface area contributed by atoms with Crippen molar-refractivity contribution in [2.24, 2.45) is 4.99 Å². The Morgan fingerprint density at radius 3 is 2.48 bits per heavy atom. The van der Waals surface area contributed by atoms with E-state index in [1.807, 2.05) is 60.9 Å². The van der Waals surface area contributed by atoms with Crippen molar-refractivity contribution in [2.45, 2.75) is 24.8 Å². The number of carbonyl (C=O) groups is 1. The van der Waals surface area contributed by atoms with Gasteiger partial charge in [-0.1, -0.05) is 35.6 Å². The first-order valence-electron chi connectivity index (χ1n) is 10.4. The van der Waals surface area contributed by atoms with E-state index in [-0.39, 0.29) is 12.2 Å². The minimum atomic E-state index is -0.603. The molecule has 0 saturated carbocycles. The topological polar surface area (TPSA) is 69.9 Å². The first-order chi connectivity index (χ1) is 16.0. The smallest absolute Gasteiger partial charge is 0.338 e. The van der Waals surface area contributed by atoms with Gasteiger partial charge in [-0.25, -0.2) is 9.79 Å². The van der Waals surface area contributed by atoms with Crippen molar-refractivity contribution in [3.05, 3.63) is 90.6 Å². The fourth-order valence-corrected chi connectivity index (χ4v) is 5.20. The average molecular weight is 481 g/mol. The molecule has 170 valence electrons. The minimum absolute atomic E-state index is 0.192. The third-order valence-electron chi connectivity index (χ3n) is 5.36. The summed E-state index contributed by atoms with van der Waals surface area (Å²) < 4.78 is 12.7. The van der Waals surface area contributed by atoms with E-state index in [2.05, 4.69) is 4.99 Å². The zero-order valence-corrected chi connectivity index (χ0v) is 20.5. The SMILES string of the molecule is CCOC(=O)C1=C(C)N=c2s/c(=C\c3ccc(OC)cc3)c(=O)n2[C@H]1c1ccc(SC)cc1. The lowest BCUT2D eigenvalue weighted by molar-refractivity contribution is -0.139. The Morgan fingerprint density at radius 2 is 1.88 bits per heavy atom. The molecule has 1 atom stereocenters. The lowest BCUT2D eigenvalue weighted by atomic mass is 9.96. The number of carbonyl (C=O) groups excluding carboxylic acids is 1. The van der Waals surface area contributed by atoms with Crippen LogP contribution in [0.2, 0.25) is 0 Å². The normalized spacial score (nSPS) is 15.8. The van der Waals surface area contributed by atoms with E-state index < -0.39 is 12.0 Å². The molecule has 0 aliphatic carbocycles. The zero-order valence-electron chi connectivity index (χ0n) is 18.8. The number of thioether (sulfide) groups is 1. The number of allylic oxidation sites excluding steroid dienone is 1. The molecule has 1 aliphatic heterocycles. The fraction of sp³-hybridized carbons (Fsp3) is 0.240. The summed E-state index contributed by atoms with van der Waals surface area (Å²) in [6.45, 7) is 3.80. The lowest BCUT2D eigenvalue weighted by Gasteiger charge is -2.24. The van der Waals surface area contributed by atoms with Gasteiger partial charge in [-0.05, 0) is 61.6 Å². The number of rotatable bonds is 6. The van der Waals surface area contributed by atoms with Crippen molar-refractivity contribution in [3.63, 3.8) is 0 Å². The molecule has 1 aromatic heterocycles. The fourth-order valence-electron chi connectivity index (χ4n) is 3.74. The van der Waals surface area contributed by atoms with E-state index in [9.17, 15) is 9.59 Å². The summed E-state index contributed by atoms with van der Waals surface area (Å²) in [6, 6.07) is 14.8.